The van der Waals surface area contributed by atoms with Crippen molar-refractivity contribution in [3.63, 3.8) is 0 Å². The molecule has 0 saturated carbocycles. The quantitative estimate of drug-likeness (QED) is 0.734. The summed E-state index contributed by atoms with van der Waals surface area (Å²) in [5.41, 5.74) is 2.95. The average molecular weight is 378 g/mol. The molecule has 144 valence electrons. The number of aromatic nitrogens is 2. The normalized spacial score (nSPS) is 13.9. The molecule has 7 nitrogen and oxygen atoms in total. The zero-order valence-corrected chi connectivity index (χ0v) is 15.9. The zero-order valence-electron chi connectivity index (χ0n) is 15.9. The summed E-state index contributed by atoms with van der Waals surface area (Å²) in [6, 6.07) is 15.4. The van der Waals surface area contributed by atoms with E-state index in [-0.39, 0.29) is 11.9 Å². The van der Waals surface area contributed by atoms with E-state index in [1.54, 1.807) is 12.0 Å². The van der Waals surface area contributed by atoms with Crippen molar-refractivity contribution in [3.05, 3.63) is 71.4 Å². The highest BCUT2D eigenvalue weighted by Gasteiger charge is 2.35. The van der Waals surface area contributed by atoms with Gasteiger partial charge in [0, 0.05) is 30.8 Å². The summed E-state index contributed by atoms with van der Waals surface area (Å²) >= 11 is 0. The Kier molecular flexibility index (Phi) is 4.97. The number of likely N-dealkylation sites (tertiary alicyclic amines) is 1. The van der Waals surface area contributed by atoms with Gasteiger partial charge in [0.25, 0.3) is 0 Å². The van der Waals surface area contributed by atoms with Gasteiger partial charge >= 0.3 is 6.03 Å². The van der Waals surface area contributed by atoms with E-state index in [9.17, 15) is 4.79 Å². The topological polar surface area (TPSA) is 80.5 Å². The summed E-state index contributed by atoms with van der Waals surface area (Å²) in [6.07, 6.45) is 0.540. The number of urea groups is 1. The SMILES string of the molecule is COc1ccccc1Cc1noc(C2CN(C(=O)Nc3ccc(C)cc3)C2)n1. The fourth-order valence-corrected chi connectivity index (χ4v) is 3.16. The van der Waals surface area contributed by atoms with Crippen LogP contribution in [-0.2, 0) is 6.42 Å². The van der Waals surface area contributed by atoms with Crippen LogP contribution in [0.4, 0.5) is 10.5 Å². The minimum absolute atomic E-state index is 0.0719. The van der Waals surface area contributed by atoms with Gasteiger partial charge in [-0.3, -0.25) is 0 Å². The Morgan fingerprint density at radius 2 is 1.96 bits per heavy atom. The number of aryl methyl sites for hydroxylation is 1. The fraction of sp³-hybridized carbons (Fsp3) is 0.286. The van der Waals surface area contributed by atoms with E-state index in [1.165, 1.54) is 0 Å². The fourth-order valence-electron chi connectivity index (χ4n) is 3.16. The van der Waals surface area contributed by atoms with E-state index >= 15 is 0 Å². The number of nitrogens with zero attached hydrogens (tertiary/aromatic N) is 3. The number of para-hydroxylation sites is 1. The van der Waals surface area contributed by atoms with Crippen molar-refractivity contribution in [2.24, 2.45) is 0 Å². The van der Waals surface area contributed by atoms with Crippen LogP contribution in [0.5, 0.6) is 5.75 Å². The maximum absolute atomic E-state index is 12.3. The monoisotopic (exact) mass is 378 g/mol. The minimum atomic E-state index is -0.117. The highest BCUT2D eigenvalue weighted by Crippen LogP contribution is 2.27. The number of hydrogen-bond donors (Lipinski definition) is 1. The van der Waals surface area contributed by atoms with Gasteiger partial charge in [0.05, 0.1) is 13.0 Å². The molecule has 1 aromatic heterocycles. The van der Waals surface area contributed by atoms with Gasteiger partial charge in [-0.1, -0.05) is 41.1 Å². The van der Waals surface area contributed by atoms with Gasteiger partial charge in [0.15, 0.2) is 5.82 Å². The zero-order chi connectivity index (χ0) is 19.5. The molecule has 2 heterocycles. The van der Waals surface area contributed by atoms with Crippen molar-refractivity contribution in [2.75, 3.05) is 25.5 Å². The molecule has 1 aliphatic heterocycles. The number of rotatable bonds is 5. The van der Waals surface area contributed by atoms with E-state index in [1.807, 2.05) is 55.5 Å². The highest BCUT2D eigenvalue weighted by atomic mass is 16.5. The molecule has 7 heteroatoms. The maximum Gasteiger partial charge on any atom is 0.321 e. The molecule has 1 N–H and O–H groups in total. The number of anilines is 1. The molecule has 2 aromatic carbocycles. The van der Waals surface area contributed by atoms with Crippen molar-refractivity contribution in [2.45, 2.75) is 19.3 Å². The van der Waals surface area contributed by atoms with E-state index in [0.29, 0.717) is 31.2 Å². The summed E-state index contributed by atoms with van der Waals surface area (Å²) in [5.74, 6) is 2.06. The molecular weight excluding hydrogens is 356 g/mol. The third kappa shape index (κ3) is 3.83. The average Bonchev–Trinajstić information content (AvgIpc) is 3.11. The Labute approximate surface area is 163 Å². The minimum Gasteiger partial charge on any atom is -0.496 e. The molecule has 1 fully saturated rings. The molecule has 1 aliphatic rings. The van der Waals surface area contributed by atoms with Gasteiger partial charge in [-0.2, -0.15) is 4.98 Å². The number of amides is 2. The van der Waals surface area contributed by atoms with Crippen LogP contribution in [0.3, 0.4) is 0 Å². The lowest BCUT2D eigenvalue weighted by molar-refractivity contribution is 0.147. The molecule has 0 aliphatic carbocycles. The number of nitrogens with one attached hydrogen (secondary N) is 1. The van der Waals surface area contributed by atoms with E-state index < -0.39 is 0 Å². The summed E-state index contributed by atoms with van der Waals surface area (Å²) < 4.78 is 10.8. The molecule has 0 bridgehead atoms. The second kappa shape index (κ2) is 7.72. The molecule has 1 saturated heterocycles. The van der Waals surface area contributed by atoms with Crippen LogP contribution in [0.2, 0.25) is 0 Å². The first-order valence-electron chi connectivity index (χ1n) is 9.19. The number of carbonyl (C=O) groups is 1. The lowest BCUT2D eigenvalue weighted by Gasteiger charge is -2.36. The Morgan fingerprint density at radius 1 is 1.21 bits per heavy atom. The molecule has 3 aromatic rings. The molecule has 0 spiro atoms. The van der Waals surface area contributed by atoms with Crippen molar-refractivity contribution >= 4 is 11.7 Å². The van der Waals surface area contributed by atoms with Crippen molar-refractivity contribution in [1.82, 2.24) is 15.0 Å². The summed E-state index contributed by atoms with van der Waals surface area (Å²) in [6.45, 7) is 3.14. The van der Waals surface area contributed by atoms with E-state index in [0.717, 1.165) is 22.6 Å². The first kappa shape index (κ1) is 18.0. The first-order chi connectivity index (χ1) is 13.6. The summed E-state index contributed by atoms with van der Waals surface area (Å²) in [7, 11) is 1.64. The molecule has 0 atom stereocenters. The number of hydrogen-bond acceptors (Lipinski definition) is 5. The second-order valence-electron chi connectivity index (χ2n) is 6.94. The van der Waals surface area contributed by atoms with Crippen LogP contribution in [0.1, 0.15) is 28.8 Å². The van der Waals surface area contributed by atoms with Gasteiger partial charge in [-0.05, 0) is 25.1 Å². The van der Waals surface area contributed by atoms with E-state index in [2.05, 4.69) is 15.5 Å². The molecular formula is C21H22N4O3. The predicted octanol–water partition coefficient (Wildman–Crippen LogP) is 3.61. The van der Waals surface area contributed by atoms with Crippen molar-refractivity contribution in [3.8, 4) is 5.75 Å². The van der Waals surface area contributed by atoms with Crippen molar-refractivity contribution in [1.29, 1.82) is 0 Å². The smallest absolute Gasteiger partial charge is 0.321 e. The van der Waals surface area contributed by atoms with Gasteiger partial charge in [-0.15, -0.1) is 0 Å². The van der Waals surface area contributed by atoms with Crippen LogP contribution < -0.4 is 10.1 Å². The molecule has 0 radical (unpaired) electrons. The Morgan fingerprint density at radius 3 is 2.71 bits per heavy atom. The third-order valence-corrected chi connectivity index (χ3v) is 4.85. The van der Waals surface area contributed by atoms with Crippen LogP contribution in [0, 0.1) is 6.92 Å². The number of ether oxygens (including phenoxy) is 1. The Bertz CT molecular complexity index is 962. The van der Waals surface area contributed by atoms with Crippen LogP contribution in [0.15, 0.2) is 53.1 Å². The highest BCUT2D eigenvalue weighted by molar-refractivity contribution is 5.90. The van der Waals surface area contributed by atoms with Crippen LogP contribution in [0.25, 0.3) is 0 Å². The summed E-state index contributed by atoms with van der Waals surface area (Å²) in [5, 5.41) is 6.98. The number of carbonyl (C=O) groups excluding carboxylic acids is 1. The number of methoxy groups -OCH3 is 1. The molecule has 0 unspecified atom stereocenters. The molecule has 28 heavy (non-hydrogen) atoms. The predicted molar refractivity (Wildman–Crippen MR) is 105 cm³/mol. The lowest BCUT2D eigenvalue weighted by atomic mass is 10.0. The molecule has 2 amide bonds. The van der Waals surface area contributed by atoms with Crippen LogP contribution >= 0.6 is 0 Å². The maximum atomic E-state index is 12.3. The van der Waals surface area contributed by atoms with Crippen molar-refractivity contribution < 1.29 is 14.1 Å². The van der Waals surface area contributed by atoms with Gasteiger partial charge in [0.1, 0.15) is 5.75 Å². The largest absolute Gasteiger partial charge is 0.496 e. The van der Waals surface area contributed by atoms with Crippen LogP contribution in [-0.4, -0.2) is 41.3 Å². The summed E-state index contributed by atoms with van der Waals surface area (Å²) in [4.78, 5) is 18.5. The lowest BCUT2D eigenvalue weighted by Crippen LogP contribution is -2.50. The molecule has 4 rings (SSSR count). The number of benzene rings is 2. The Hall–Kier alpha value is -3.35. The Balaban J connectivity index is 1.32. The van der Waals surface area contributed by atoms with Gasteiger partial charge in [0.2, 0.25) is 5.89 Å². The third-order valence-electron chi connectivity index (χ3n) is 4.85. The van der Waals surface area contributed by atoms with Gasteiger partial charge < -0.3 is 19.5 Å². The van der Waals surface area contributed by atoms with E-state index in [4.69, 9.17) is 9.26 Å². The van der Waals surface area contributed by atoms with Gasteiger partial charge in [-0.25, -0.2) is 4.79 Å². The first-order valence-corrected chi connectivity index (χ1v) is 9.19. The second-order valence-corrected chi connectivity index (χ2v) is 6.94. The standard InChI is InChI=1S/C21H22N4O3/c1-14-7-9-17(10-8-14)22-21(26)25-12-16(13-25)20-23-19(24-28-20)11-15-5-3-4-6-18(15)27-2/h3-10,16H,11-13H2,1-2H3,(H,22,26).